The molecule has 0 aromatic heterocycles. The predicted molar refractivity (Wildman–Crippen MR) is 96.5 cm³/mol. The molecule has 0 spiro atoms. The molecule has 3 N–H and O–H groups in total. The van der Waals surface area contributed by atoms with E-state index in [1.807, 2.05) is 17.9 Å². The molecule has 0 radical (unpaired) electrons. The number of hydrogen-bond acceptors (Lipinski definition) is 4. The van der Waals surface area contributed by atoms with Gasteiger partial charge in [0.1, 0.15) is 0 Å². The molecule has 2 aliphatic heterocycles. The summed E-state index contributed by atoms with van der Waals surface area (Å²) < 4.78 is 0. The summed E-state index contributed by atoms with van der Waals surface area (Å²) in [5, 5.41) is 15.4. The van der Waals surface area contributed by atoms with Crippen LogP contribution in [0.3, 0.4) is 0 Å². The van der Waals surface area contributed by atoms with Crippen LogP contribution in [-0.2, 0) is 4.79 Å². The van der Waals surface area contributed by atoms with Gasteiger partial charge in [-0.2, -0.15) is 0 Å². The van der Waals surface area contributed by atoms with Crippen molar-refractivity contribution >= 4 is 17.5 Å². The Morgan fingerprint density at radius 2 is 2.00 bits per heavy atom. The summed E-state index contributed by atoms with van der Waals surface area (Å²) in [7, 11) is 0. The zero-order valence-corrected chi connectivity index (χ0v) is 14.9. The SMILES string of the molecule is Cc1cc(C(=O)N2CCC(C)CC2)ccc1NC(=O)[C@H]1C[C@@H](O)CN1. The first-order chi connectivity index (χ1) is 11.9. The van der Waals surface area contributed by atoms with E-state index >= 15 is 0 Å². The first-order valence-corrected chi connectivity index (χ1v) is 9.06. The smallest absolute Gasteiger partial charge is 0.253 e. The number of piperidine rings is 1. The van der Waals surface area contributed by atoms with Crippen LogP contribution in [0.25, 0.3) is 0 Å². The maximum atomic E-state index is 12.6. The lowest BCUT2D eigenvalue weighted by atomic mass is 9.98. The number of carbonyl (C=O) groups excluding carboxylic acids is 2. The number of β-amino-alcohol motifs (C(OH)–C–C–N with tert-alkyl or cyclic N) is 1. The summed E-state index contributed by atoms with van der Waals surface area (Å²) in [5.74, 6) is 0.600. The van der Waals surface area contributed by atoms with Crippen LogP contribution >= 0.6 is 0 Å². The van der Waals surface area contributed by atoms with Crippen LogP contribution in [0.2, 0.25) is 0 Å². The van der Waals surface area contributed by atoms with Gasteiger partial charge in [-0.05, 0) is 55.9 Å². The lowest BCUT2D eigenvalue weighted by molar-refractivity contribution is -0.117. The Bertz CT molecular complexity index is 653. The molecule has 2 atom stereocenters. The quantitative estimate of drug-likeness (QED) is 0.776. The van der Waals surface area contributed by atoms with Crippen molar-refractivity contribution in [1.29, 1.82) is 0 Å². The van der Waals surface area contributed by atoms with E-state index in [-0.39, 0.29) is 17.9 Å². The van der Waals surface area contributed by atoms with E-state index in [0.29, 0.717) is 30.1 Å². The van der Waals surface area contributed by atoms with Gasteiger partial charge in [-0.25, -0.2) is 0 Å². The minimum atomic E-state index is -0.468. The van der Waals surface area contributed by atoms with E-state index in [0.717, 1.165) is 31.5 Å². The first-order valence-electron chi connectivity index (χ1n) is 9.06. The lowest BCUT2D eigenvalue weighted by Gasteiger charge is -2.30. The number of carbonyl (C=O) groups is 2. The van der Waals surface area contributed by atoms with Crippen LogP contribution in [0.5, 0.6) is 0 Å². The maximum absolute atomic E-state index is 12.6. The third kappa shape index (κ3) is 4.19. The van der Waals surface area contributed by atoms with Crippen LogP contribution in [0.4, 0.5) is 5.69 Å². The average Bonchev–Trinajstić information content (AvgIpc) is 3.03. The molecule has 2 heterocycles. The topological polar surface area (TPSA) is 81.7 Å². The molecular formula is C19H27N3O3. The largest absolute Gasteiger partial charge is 0.392 e. The molecule has 25 heavy (non-hydrogen) atoms. The number of aliphatic hydroxyl groups excluding tert-OH is 1. The van der Waals surface area contributed by atoms with E-state index in [9.17, 15) is 14.7 Å². The van der Waals surface area contributed by atoms with E-state index in [1.54, 1.807) is 12.1 Å². The molecule has 1 aromatic rings. The van der Waals surface area contributed by atoms with E-state index in [2.05, 4.69) is 17.6 Å². The second-order valence-corrected chi connectivity index (χ2v) is 7.34. The second kappa shape index (κ2) is 7.54. The number of hydrogen-bond donors (Lipinski definition) is 3. The normalized spacial score (nSPS) is 24.4. The molecule has 6 nitrogen and oxygen atoms in total. The monoisotopic (exact) mass is 345 g/mol. The minimum Gasteiger partial charge on any atom is -0.392 e. The molecule has 2 fully saturated rings. The van der Waals surface area contributed by atoms with Crippen LogP contribution in [0, 0.1) is 12.8 Å². The van der Waals surface area contributed by atoms with Gasteiger partial charge >= 0.3 is 0 Å². The maximum Gasteiger partial charge on any atom is 0.253 e. The number of nitrogens with zero attached hydrogens (tertiary/aromatic N) is 1. The van der Waals surface area contributed by atoms with Crippen molar-refractivity contribution in [1.82, 2.24) is 10.2 Å². The Labute approximate surface area is 148 Å². The number of likely N-dealkylation sites (tertiary alicyclic amines) is 1. The highest BCUT2D eigenvalue weighted by atomic mass is 16.3. The minimum absolute atomic E-state index is 0.0634. The van der Waals surface area contributed by atoms with Crippen molar-refractivity contribution in [2.24, 2.45) is 5.92 Å². The first kappa shape index (κ1) is 17.9. The van der Waals surface area contributed by atoms with Crippen molar-refractivity contribution in [3.8, 4) is 0 Å². The van der Waals surface area contributed by atoms with E-state index in [4.69, 9.17) is 0 Å². The summed E-state index contributed by atoms with van der Waals surface area (Å²) in [4.78, 5) is 26.8. The van der Waals surface area contributed by atoms with Gasteiger partial charge in [0.25, 0.3) is 5.91 Å². The number of nitrogens with one attached hydrogen (secondary N) is 2. The Morgan fingerprint density at radius 3 is 2.60 bits per heavy atom. The third-order valence-corrected chi connectivity index (χ3v) is 5.23. The van der Waals surface area contributed by atoms with Crippen molar-refractivity contribution in [2.75, 3.05) is 25.0 Å². The van der Waals surface area contributed by atoms with Crippen molar-refractivity contribution < 1.29 is 14.7 Å². The van der Waals surface area contributed by atoms with Gasteiger partial charge in [0, 0.05) is 30.9 Å². The molecule has 1 aromatic carbocycles. The summed E-state index contributed by atoms with van der Waals surface area (Å²) in [6.45, 7) is 6.18. The zero-order valence-electron chi connectivity index (χ0n) is 14.9. The molecule has 136 valence electrons. The highest BCUT2D eigenvalue weighted by Gasteiger charge is 2.28. The van der Waals surface area contributed by atoms with Crippen molar-refractivity contribution in [3.63, 3.8) is 0 Å². The number of rotatable bonds is 3. The van der Waals surface area contributed by atoms with Gasteiger partial charge < -0.3 is 20.6 Å². The summed E-state index contributed by atoms with van der Waals surface area (Å²) in [6.07, 6.45) is 2.07. The molecule has 0 aliphatic carbocycles. The molecule has 0 bridgehead atoms. The van der Waals surface area contributed by atoms with Crippen LogP contribution in [0.1, 0.15) is 42.1 Å². The molecule has 6 heteroatoms. The fourth-order valence-electron chi connectivity index (χ4n) is 3.47. The second-order valence-electron chi connectivity index (χ2n) is 7.34. The Hall–Kier alpha value is -1.92. The molecule has 0 saturated carbocycles. The van der Waals surface area contributed by atoms with Crippen molar-refractivity contribution in [3.05, 3.63) is 29.3 Å². The Kier molecular flexibility index (Phi) is 5.39. The van der Waals surface area contributed by atoms with Crippen molar-refractivity contribution in [2.45, 2.75) is 45.3 Å². The molecule has 0 unspecified atom stereocenters. The Morgan fingerprint density at radius 1 is 1.28 bits per heavy atom. The van der Waals surface area contributed by atoms with Gasteiger partial charge in [0.2, 0.25) is 5.91 Å². The molecule has 2 aliphatic rings. The average molecular weight is 345 g/mol. The molecular weight excluding hydrogens is 318 g/mol. The summed E-state index contributed by atoms with van der Waals surface area (Å²) in [6, 6.07) is 5.04. The van der Waals surface area contributed by atoms with E-state index < -0.39 is 6.10 Å². The number of anilines is 1. The van der Waals surface area contributed by atoms with Gasteiger partial charge in [-0.1, -0.05) is 6.92 Å². The van der Waals surface area contributed by atoms with Gasteiger partial charge in [-0.15, -0.1) is 0 Å². The fourth-order valence-corrected chi connectivity index (χ4v) is 3.47. The number of amides is 2. The fraction of sp³-hybridized carbons (Fsp3) is 0.579. The number of aryl methyl sites for hydroxylation is 1. The highest BCUT2D eigenvalue weighted by molar-refractivity contribution is 5.98. The molecule has 2 amide bonds. The summed E-state index contributed by atoms with van der Waals surface area (Å²) >= 11 is 0. The standard InChI is InChI=1S/C19H27N3O3/c1-12-5-7-22(8-6-12)19(25)14-3-4-16(13(2)9-14)21-18(24)17-10-15(23)11-20-17/h3-4,9,12,15,17,20,23H,5-8,10-11H2,1-2H3,(H,21,24)/t15-,17-/m1/s1. The molecule has 2 saturated heterocycles. The third-order valence-electron chi connectivity index (χ3n) is 5.23. The molecule has 3 rings (SSSR count). The lowest BCUT2D eigenvalue weighted by Crippen LogP contribution is -2.38. The number of benzene rings is 1. The van der Waals surface area contributed by atoms with Gasteiger partial charge in [0.05, 0.1) is 12.1 Å². The summed E-state index contributed by atoms with van der Waals surface area (Å²) in [5.41, 5.74) is 2.24. The Balaban J connectivity index is 1.64. The van der Waals surface area contributed by atoms with Crippen LogP contribution in [0.15, 0.2) is 18.2 Å². The van der Waals surface area contributed by atoms with Gasteiger partial charge in [0.15, 0.2) is 0 Å². The highest BCUT2D eigenvalue weighted by Crippen LogP contribution is 2.22. The van der Waals surface area contributed by atoms with Crippen LogP contribution < -0.4 is 10.6 Å². The van der Waals surface area contributed by atoms with Crippen LogP contribution in [-0.4, -0.2) is 53.6 Å². The van der Waals surface area contributed by atoms with Gasteiger partial charge in [-0.3, -0.25) is 9.59 Å². The van der Waals surface area contributed by atoms with E-state index in [1.165, 1.54) is 0 Å². The zero-order chi connectivity index (χ0) is 18.0. The number of aliphatic hydroxyl groups is 1. The predicted octanol–water partition coefficient (Wildman–Crippen LogP) is 1.53.